The maximum atomic E-state index is 13.0. The third-order valence-electron chi connectivity index (χ3n) is 4.65. The number of benzene rings is 2. The van der Waals surface area contributed by atoms with Crippen molar-refractivity contribution in [1.82, 2.24) is 4.90 Å². The van der Waals surface area contributed by atoms with Gasteiger partial charge in [-0.3, -0.25) is 4.90 Å². The summed E-state index contributed by atoms with van der Waals surface area (Å²) in [7, 11) is 0. The quantitative estimate of drug-likeness (QED) is 0.874. The minimum absolute atomic E-state index is 0.179. The lowest BCUT2D eigenvalue weighted by Crippen LogP contribution is -2.47. The molecule has 0 bridgehead atoms. The minimum Gasteiger partial charge on any atom is -0.399 e. The van der Waals surface area contributed by atoms with Crippen molar-refractivity contribution in [2.75, 3.05) is 36.8 Å². The summed E-state index contributed by atoms with van der Waals surface area (Å²) in [5.74, 6) is -0.179. The number of halogens is 1. The van der Waals surface area contributed by atoms with Gasteiger partial charge in [-0.1, -0.05) is 19.1 Å². The molecule has 0 radical (unpaired) electrons. The lowest BCUT2D eigenvalue weighted by Gasteiger charge is -2.40. The summed E-state index contributed by atoms with van der Waals surface area (Å²) in [6.45, 7) is 6.20. The second-order valence-electron chi connectivity index (χ2n) is 6.09. The van der Waals surface area contributed by atoms with Crippen molar-refractivity contribution in [3.8, 4) is 0 Å². The van der Waals surface area contributed by atoms with Crippen molar-refractivity contribution in [2.45, 2.75) is 19.4 Å². The van der Waals surface area contributed by atoms with E-state index < -0.39 is 0 Å². The van der Waals surface area contributed by atoms with Crippen LogP contribution in [0.15, 0.2) is 48.5 Å². The van der Waals surface area contributed by atoms with Crippen LogP contribution in [0.25, 0.3) is 0 Å². The Morgan fingerprint density at radius 3 is 2.13 bits per heavy atom. The number of rotatable bonds is 4. The van der Waals surface area contributed by atoms with Crippen molar-refractivity contribution in [2.24, 2.45) is 0 Å². The molecule has 2 aromatic rings. The zero-order valence-corrected chi connectivity index (χ0v) is 13.6. The predicted molar refractivity (Wildman–Crippen MR) is 94.1 cm³/mol. The van der Waals surface area contributed by atoms with E-state index in [0.717, 1.165) is 44.0 Å². The van der Waals surface area contributed by atoms with Gasteiger partial charge in [-0.2, -0.15) is 0 Å². The normalized spacial score (nSPS) is 17.2. The number of nitrogens with two attached hydrogens (primary N) is 1. The molecule has 0 aromatic heterocycles. The van der Waals surface area contributed by atoms with Gasteiger partial charge in [-0.05, 0) is 48.4 Å². The molecule has 2 N–H and O–H groups in total. The molecule has 1 aliphatic heterocycles. The number of nitrogens with zero attached hydrogens (tertiary/aromatic N) is 2. The average molecular weight is 313 g/mol. The van der Waals surface area contributed by atoms with Crippen molar-refractivity contribution in [3.05, 3.63) is 59.9 Å². The third kappa shape index (κ3) is 3.64. The minimum atomic E-state index is -0.179. The number of nitrogen functional groups attached to an aromatic ring is 1. The van der Waals surface area contributed by atoms with Gasteiger partial charge >= 0.3 is 0 Å². The Morgan fingerprint density at radius 1 is 0.957 bits per heavy atom. The zero-order chi connectivity index (χ0) is 16.2. The van der Waals surface area contributed by atoms with Gasteiger partial charge in [-0.25, -0.2) is 4.39 Å². The Labute approximate surface area is 137 Å². The highest BCUT2D eigenvalue weighted by molar-refractivity contribution is 5.46. The van der Waals surface area contributed by atoms with Gasteiger partial charge in [-0.15, -0.1) is 0 Å². The van der Waals surface area contributed by atoms with E-state index in [2.05, 4.69) is 28.9 Å². The fourth-order valence-corrected chi connectivity index (χ4v) is 3.37. The summed E-state index contributed by atoms with van der Waals surface area (Å²) in [5.41, 5.74) is 9.04. The van der Waals surface area contributed by atoms with Gasteiger partial charge in [0.25, 0.3) is 0 Å². The Hall–Kier alpha value is -2.07. The standard InChI is InChI=1S/C19H24FN3/c1-2-19(15-3-7-17(21)8-4-15)23-13-11-22(12-14-23)18-9-5-16(20)6-10-18/h3-10,19H,2,11-14,21H2,1H3. The topological polar surface area (TPSA) is 32.5 Å². The summed E-state index contributed by atoms with van der Waals surface area (Å²) in [6, 6.07) is 15.5. The SMILES string of the molecule is CCC(c1ccc(N)cc1)N1CCN(c2ccc(F)cc2)CC1. The lowest BCUT2D eigenvalue weighted by molar-refractivity contribution is 0.181. The van der Waals surface area contributed by atoms with Crippen LogP contribution in [0.3, 0.4) is 0 Å². The van der Waals surface area contributed by atoms with Gasteiger partial charge in [0.15, 0.2) is 0 Å². The summed E-state index contributed by atoms with van der Waals surface area (Å²) < 4.78 is 13.0. The van der Waals surface area contributed by atoms with Crippen LogP contribution in [-0.4, -0.2) is 31.1 Å². The molecule has 1 fully saturated rings. The molecule has 0 amide bonds. The summed E-state index contributed by atoms with van der Waals surface area (Å²) >= 11 is 0. The Kier molecular flexibility index (Phi) is 4.82. The molecular weight excluding hydrogens is 289 g/mol. The Bertz CT molecular complexity index is 616. The van der Waals surface area contributed by atoms with Crippen molar-refractivity contribution >= 4 is 11.4 Å². The molecule has 1 atom stereocenters. The van der Waals surface area contributed by atoms with E-state index in [-0.39, 0.29) is 5.82 Å². The zero-order valence-electron chi connectivity index (χ0n) is 13.6. The molecule has 0 aliphatic carbocycles. The highest BCUT2D eigenvalue weighted by Gasteiger charge is 2.24. The second-order valence-corrected chi connectivity index (χ2v) is 6.09. The molecule has 1 heterocycles. The first-order valence-corrected chi connectivity index (χ1v) is 8.27. The molecule has 0 saturated carbocycles. The van der Waals surface area contributed by atoms with Crippen molar-refractivity contribution in [1.29, 1.82) is 0 Å². The Morgan fingerprint density at radius 2 is 1.57 bits per heavy atom. The van der Waals surface area contributed by atoms with Gasteiger partial charge in [0.05, 0.1) is 0 Å². The van der Waals surface area contributed by atoms with E-state index in [0.29, 0.717) is 6.04 Å². The van der Waals surface area contributed by atoms with Crippen LogP contribution in [0.2, 0.25) is 0 Å². The molecule has 3 rings (SSSR count). The fraction of sp³-hybridized carbons (Fsp3) is 0.368. The summed E-state index contributed by atoms with van der Waals surface area (Å²) in [5, 5.41) is 0. The molecule has 4 heteroatoms. The maximum Gasteiger partial charge on any atom is 0.123 e. The average Bonchev–Trinajstić information content (AvgIpc) is 2.59. The molecular formula is C19H24FN3. The molecule has 122 valence electrons. The van der Waals surface area contributed by atoms with Gasteiger partial charge in [0.1, 0.15) is 5.82 Å². The maximum absolute atomic E-state index is 13.0. The van der Waals surface area contributed by atoms with E-state index in [1.165, 1.54) is 17.7 Å². The molecule has 1 aliphatic rings. The number of hydrogen-bond acceptors (Lipinski definition) is 3. The van der Waals surface area contributed by atoms with Crippen LogP contribution in [-0.2, 0) is 0 Å². The summed E-state index contributed by atoms with van der Waals surface area (Å²) in [4.78, 5) is 4.86. The molecule has 1 saturated heterocycles. The van der Waals surface area contributed by atoms with Crippen LogP contribution in [0, 0.1) is 5.82 Å². The first kappa shape index (κ1) is 15.8. The van der Waals surface area contributed by atoms with E-state index >= 15 is 0 Å². The van der Waals surface area contributed by atoms with E-state index in [1.54, 1.807) is 0 Å². The largest absolute Gasteiger partial charge is 0.399 e. The second kappa shape index (κ2) is 7.01. The first-order valence-electron chi connectivity index (χ1n) is 8.27. The van der Waals surface area contributed by atoms with E-state index in [4.69, 9.17) is 5.73 Å². The van der Waals surface area contributed by atoms with Crippen molar-refractivity contribution < 1.29 is 4.39 Å². The molecule has 2 aromatic carbocycles. The Balaban J connectivity index is 1.65. The highest BCUT2D eigenvalue weighted by Crippen LogP contribution is 2.27. The van der Waals surface area contributed by atoms with Crippen molar-refractivity contribution in [3.63, 3.8) is 0 Å². The van der Waals surface area contributed by atoms with Crippen LogP contribution in [0.4, 0.5) is 15.8 Å². The third-order valence-corrected chi connectivity index (χ3v) is 4.65. The molecule has 1 unspecified atom stereocenters. The highest BCUT2D eigenvalue weighted by atomic mass is 19.1. The fourth-order valence-electron chi connectivity index (χ4n) is 3.37. The van der Waals surface area contributed by atoms with Gasteiger partial charge in [0, 0.05) is 43.6 Å². The summed E-state index contributed by atoms with van der Waals surface area (Å²) in [6.07, 6.45) is 1.08. The predicted octanol–water partition coefficient (Wildman–Crippen LogP) is 3.68. The smallest absolute Gasteiger partial charge is 0.123 e. The van der Waals surface area contributed by atoms with E-state index in [1.807, 2.05) is 24.3 Å². The van der Waals surface area contributed by atoms with Gasteiger partial charge < -0.3 is 10.6 Å². The number of anilines is 2. The molecule has 3 nitrogen and oxygen atoms in total. The van der Waals surface area contributed by atoms with E-state index in [9.17, 15) is 4.39 Å². The number of piperazine rings is 1. The van der Waals surface area contributed by atoms with Crippen LogP contribution in [0.1, 0.15) is 24.9 Å². The molecule has 23 heavy (non-hydrogen) atoms. The first-order chi connectivity index (χ1) is 11.2. The van der Waals surface area contributed by atoms with Crippen LogP contribution < -0.4 is 10.6 Å². The monoisotopic (exact) mass is 313 g/mol. The van der Waals surface area contributed by atoms with Crippen LogP contribution >= 0.6 is 0 Å². The molecule has 0 spiro atoms. The number of hydrogen-bond donors (Lipinski definition) is 1. The van der Waals surface area contributed by atoms with Crippen LogP contribution in [0.5, 0.6) is 0 Å². The lowest BCUT2D eigenvalue weighted by atomic mass is 10.0. The van der Waals surface area contributed by atoms with Gasteiger partial charge in [0.2, 0.25) is 0 Å².